The number of aromatic nitrogens is 2. The second-order valence-corrected chi connectivity index (χ2v) is 5.89. The first-order valence-electron chi connectivity index (χ1n) is 7.43. The Hall–Kier alpha value is -0.350. The van der Waals surface area contributed by atoms with Crippen molar-refractivity contribution < 1.29 is 4.74 Å². The van der Waals surface area contributed by atoms with Gasteiger partial charge in [0.2, 0.25) is 0 Å². The van der Waals surface area contributed by atoms with Crippen molar-refractivity contribution >= 4 is 15.9 Å². The van der Waals surface area contributed by atoms with Gasteiger partial charge in [0.15, 0.2) is 0 Å². The Morgan fingerprint density at radius 3 is 2.63 bits per heavy atom. The minimum Gasteiger partial charge on any atom is -0.375 e. The molecule has 0 radical (unpaired) electrons. The van der Waals surface area contributed by atoms with E-state index in [9.17, 15) is 0 Å². The first-order chi connectivity index (χ1) is 9.13. The molecule has 0 N–H and O–H groups in total. The fourth-order valence-electron chi connectivity index (χ4n) is 2.23. The fourth-order valence-corrected chi connectivity index (χ4v) is 2.63. The van der Waals surface area contributed by atoms with Gasteiger partial charge in [0.1, 0.15) is 0 Å². The normalized spacial score (nSPS) is 12.9. The Labute approximate surface area is 125 Å². The molecule has 0 aromatic carbocycles. The van der Waals surface area contributed by atoms with Crippen molar-refractivity contribution in [3.05, 3.63) is 15.9 Å². The number of aryl methyl sites for hydroxylation is 2. The summed E-state index contributed by atoms with van der Waals surface area (Å²) >= 11 is 3.60. The Balaban J connectivity index is 2.48. The lowest BCUT2D eigenvalue weighted by Crippen LogP contribution is -2.11. The van der Waals surface area contributed by atoms with Gasteiger partial charge in [0, 0.05) is 13.2 Å². The smallest absolute Gasteiger partial charge is 0.0896 e. The quantitative estimate of drug-likeness (QED) is 0.655. The molecule has 0 saturated carbocycles. The molecule has 1 aromatic rings. The van der Waals surface area contributed by atoms with E-state index in [1.165, 1.54) is 25.7 Å². The predicted octanol–water partition coefficient (Wildman–Crippen LogP) is 4.71. The van der Waals surface area contributed by atoms with E-state index in [1.54, 1.807) is 0 Å². The zero-order valence-electron chi connectivity index (χ0n) is 12.7. The second-order valence-electron chi connectivity index (χ2n) is 5.09. The number of nitrogens with zero attached hydrogens (tertiary/aromatic N) is 2. The molecule has 1 atom stereocenters. The van der Waals surface area contributed by atoms with Crippen LogP contribution >= 0.6 is 15.9 Å². The largest absolute Gasteiger partial charge is 0.375 e. The summed E-state index contributed by atoms with van der Waals surface area (Å²) in [6, 6.07) is 0. The third-order valence-electron chi connectivity index (χ3n) is 3.59. The molecule has 0 saturated heterocycles. The molecule has 1 heterocycles. The molecule has 0 spiro atoms. The highest BCUT2D eigenvalue weighted by atomic mass is 79.9. The Bertz CT molecular complexity index is 376. The molecule has 1 rings (SSSR count). The van der Waals surface area contributed by atoms with Crippen LogP contribution in [0.3, 0.4) is 0 Å². The minimum absolute atomic E-state index is 0.651. The van der Waals surface area contributed by atoms with Crippen molar-refractivity contribution in [3.63, 3.8) is 0 Å². The number of halogens is 1. The van der Waals surface area contributed by atoms with Gasteiger partial charge in [-0.2, -0.15) is 5.10 Å². The lowest BCUT2D eigenvalue weighted by Gasteiger charge is -2.15. The van der Waals surface area contributed by atoms with Crippen molar-refractivity contribution in [1.82, 2.24) is 9.78 Å². The topological polar surface area (TPSA) is 27.1 Å². The molecule has 0 aliphatic rings. The van der Waals surface area contributed by atoms with Gasteiger partial charge in [-0.15, -0.1) is 0 Å². The van der Waals surface area contributed by atoms with E-state index in [-0.39, 0.29) is 0 Å². The molecule has 0 bridgehead atoms. The minimum atomic E-state index is 0.651. The highest BCUT2D eigenvalue weighted by molar-refractivity contribution is 9.10. The summed E-state index contributed by atoms with van der Waals surface area (Å²) in [5.74, 6) is 0.692. The summed E-state index contributed by atoms with van der Waals surface area (Å²) in [7, 11) is 0. The zero-order valence-corrected chi connectivity index (χ0v) is 14.3. The van der Waals surface area contributed by atoms with Crippen molar-refractivity contribution in [3.8, 4) is 0 Å². The van der Waals surface area contributed by atoms with Crippen molar-refractivity contribution in [2.24, 2.45) is 5.92 Å². The summed E-state index contributed by atoms with van der Waals surface area (Å²) in [6.45, 7) is 11.0. The summed E-state index contributed by atoms with van der Waals surface area (Å²) in [5.41, 5.74) is 2.20. The monoisotopic (exact) mass is 330 g/mol. The maximum absolute atomic E-state index is 5.92. The Kier molecular flexibility index (Phi) is 7.69. The van der Waals surface area contributed by atoms with Gasteiger partial charge in [-0.25, -0.2) is 0 Å². The summed E-state index contributed by atoms with van der Waals surface area (Å²) in [6.07, 6.45) is 5.05. The van der Waals surface area contributed by atoms with Gasteiger partial charge < -0.3 is 4.74 Å². The van der Waals surface area contributed by atoms with Crippen LogP contribution in [0, 0.1) is 12.8 Å². The van der Waals surface area contributed by atoms with E-state index in [4.69, 9.17) is 4.74 Å². The Morgan fingerprint density at radius 2 is 2.05 bits per heavy atom. The molecular weight excluding hydrogens is 304 g/mol. The van der Waals surface area contributed by atoms with E-state index in [0.29, 0.717) is 12.5 Å². The lowest BCUT2D eigenvalue weighted by atomic mass is 10.0. The van der Waals surface area contributed by atoms with Crippen LogP contribution < -0.4 is 0 Å². The zero-order chi connectivity index (χ0) is 14.3. The van der Waals surface area contributed by atoms with E-state index >= 15 is 0 Å². The molecular formula is C15H27BrN2O. The average Bonchev–Trinajstić information content (AvgIpc) is 2.69. The van der Waals surface area contributed by atoms with Gasteiger partial charge in [0.05, 0.1) is 22.5 Å². The molecule has 0 fully saturated rings. The summed E-state index contributed by atoms with van der Waals surface area (Å²) < 4.78 is 9.03. The molecule has 3 nitrogen and oxygen atoms in total. The highest BCUT2D eigenvalue weighted by Gasteiger charge is 2.13. The van der Waals surface area contributed by atoms with Crippen LogP contribution in [0.2, 0.25) is 0 Å². The maximum Gasteiger partial charge on any atom is 0.0896 e. The molecule has 19 heavy (non-hydrogen) atoms. The third kappa shape index (κ3) is 4.92. The maximum atomic E-state index is 5.92. The molecule has 0 aliphatic carbocycles. The molecule has 0 aliphatic heterocycles. The number of ether oxygens (including phenoxy) is 1. The molecule has 110 valence electrons. The van der Waals surface area contributed by atoms with Gasteiger partial charge in [-0.05, 0) is 42.1 Å². The number of unbranched alkanes of at least 4 members (excludes halogenated alkanes) is 1. The van der Waals surface area contributed by atoms with Gasteiger partial charge in [0.25, 0.3) is 0 Å². The fraction of sp³-hybridized carbons (Fsp3) is 0.800. The van der Waals surface area contributed by atoms with Gasteiger partial charge in [-0.1, -0.05) is 33.1 Å². The highest BCUT2D eigenvalue weighted by Crippen LogP contribution is 2.22. The van der Waals surface area contributed by atoms with Crippen LogP contribution in [0.1, 0.15) is 57.8 Å². The molecule has 1 aromatic heterocycles. The van der Waals surface area contributed by atoms with Crippen molar-refractivity contribution in [2.45, 2.75) is 66.5 Å². The van der Waals surface area contributed by atoms with Crippen molar-refractivity contribution in [1.29, 1.82) is 0 Å². The van der Waals surface area contributed by atoms with E-state index in [2.05, 4.69) is 41.8 Å². The number of rotatable bonds is 9. The first kappa shape index (κ1) is 16.7. The molecule has 4 heteroatoms. The third-order valence-corrected chi connectivity index (χ3v) is 4.62. The van der Waals surface area contributed by atoms with Crippen LogP contribution in [-0.4, -0.2) is 16.4 Å². The SMILES string of the molecule is CCCCC(CC)COCc1c(Br)c(C)nn1CC. The van der Waals surface area contributed by atoms with E-state index in [0.717, 1.165) is 29.0 Å². The van der Waals surface area contributed by atoms with Crippen LogP contribution in [0.25, 0.3) is 0 Å². The van der Waals surface area contributed by atoms with Crippen LogP contribution in [-0.2, 0) is 17.9 Å². The van der Waals surface area contributed by atoms with Crippen LogP contribution in [0.5, 0.6) is 0 Å². The number of hydrogen-bond acceptors (Lipinski definition) is 2. The van der Waals surface area contributed by atoms with Gasteiger partial charge >= 0.3 is 0 Å². The van der Waals surface area contributed by atoms with E-state index < -0.39 is 0 Å². The first-order valence-corrected chi connectivity index (χ1v) is 8.22. The van der Waals surface area contributed by atoms with Crippen molar-refractivity contribution in [2.75, 3.05) is 6.61 Å². The standard InChI is InChI=1S/C15H27BrN2O/c1-5-8-9-13(6-2)10-19-11-14-15(16)12(4)17-18(14)7-3/h13H,5-11H2,1-4H3. The second kappa shape index (κ2) is 8.75. The van der Waals surface area contributed by atoms with Gasteiger partial charge in [-0.3, -0.25) is 4.68 Å². The average molecular weight is 331 g/mol. The van der Waals surface area contributed by atoms with Crippen LogP contribution in [0.15, 0.2) is 4.47 Å². The molecule has 0 amide bonds. The van der Waals surface area contributed by atoms with Crippen LogP contribution in [0.4, 0.5) is 0 Å². The summed E-state index contributed by atoms with van der Waals surface area (Å²) in [4.78, 5) is 0. The number of hydrogen-bond donors (Lipinski definition) is 0. The molecule has 1 unspecified atom stereocenters. The Morgan fingerprint density at radius 1 is 1.32 bits per heavy atom. The lowest BCUT2D eigenvalue weighted by molar-refractivity contribution is 0.0772. The predicted molar refractivity (Wildman–Crippen MR) is 83.3 cm³/mol. The van der Waals surface area contributed by atoms with E-state index in [1.807, 2.05) is 11.6 Å². The summed E-state index contributed by atoms with van der Waals surface area (Å²) in [5, 5.41) is 4.49.